The fourth-order valence-electron chi connectivity index (χ4n) is 13.0. The summed E-state index contributed by atoms with van der Waals surface area (Å²) in [4.78, 5) is 45.8. The van der Waals surface area contributed by atoms with E-state index in [4.69, 9.17) is 16.3 Å². The summed E-state index contributed by atoms with van der Waals surface area (Å²) in [6.07, 6.45) is 12.0. The Hall–Kier alpha value is -2.34. The molecule has 1 aromatic rings. The summed E-state index contributed by atoms with van der Waals surface area (Å²) in [6, 6.07) is 7.69. The molecular formula is C42H59ClN2O4. The lowest BCUT2D eigenvalue weighted by Gasteiger charge is -2.70. The molecule has 4 saturated carbocycles. The number of ether oxygens (including phenoxy) is 1. The normalized spacial score (nSPS) is 43.0. The largest absolute Gasteiger partial charge is 0.440 e. The molecule has 1 aliphatic heterocycles. The Bertz CT molecular complexity index is 1590. The minimum absolute atomic E-state index is 0.0204. The number of nitrogens with zero attached hydrogens (tertiary/aromatic N) is 2. The van der Waals surface area contributed by atoms with Crippen LogP contribution < -0.4 is 4.90 Å². The Morgan fingerprint density at radius 1 is 0.898 bits per heavy atom. The van der Waals surface area contributed by atoms with Crippen molar-refractivity contribution in [1.82, 2.24) is 4.90 Å². The van der Waals surface area contributed by atoms with Gasteiger partial charge in [-0.05, 0) is 115 Å². The van der Waals surface area contributed by atoms with Crippen LogP contribution in [0.3, 0.4) is 0 Å². The molecule has 7 rings (SSSR count). The zero-order valence-electron chi connectivity index (χ0n) is 31.3. The minimum Gasteiger partial charge on any atom is -0.440 e. The van der Waals surface area contributed by atoms with Crippen LogP contribution in [0.5, 0.6) is 0 Å². The standard InChI is InChI=1S/C42H59ClN2O4/c1-27(46)49-34-26-44(31-13-10-9-12-30(31)43)22-23-45(34)36(48)39(5)19-18-38(4)20-21-41(7)28(29(38)25-39)24-32(47)35-40(6)16-11-15-37(2,3)33(40)14-17-42(35,41)8/h9-10,12-13,24,29,33-35H,11,14-23,25-26H2,1-8H3/t29-,33?,34?,35?,38-,39?,40+,41-,42-/m1/s1. The molecule has 4 unspecified atom stereocenters. The highest BCUT2D eigenvalue weighted by molar-refractivity contribution is 6.33. The van der Waals surface area contributed by atoms with E-state index < -0.39 is 17.6 Å². The quantitative estimate of drug-likeness (QED) is 0.296. The van der Waals surface area contributed by atoms with Gasteiger partial charge in [0.2, 0.25) is 5.91 Å². The highest BCUT2D eigenvalue weighted by Crippen LogP contribution is 2.75. The van der Waals surface area contributed by atoms with Gasteiger partial charge in [0.05, 0.1) is 17.3 Å². The van der Waals surface area contributed by atoms with Crippen LogP contribution in [0.1, 0.15) is 120 Å². The van der Waals surface area contributed by atoms with Gasteiger partial charge in [-0.15, -0.1) is 0 Å². The summed E-state index contributed by atoms with van der Waals surface area (Å²) in [6.45, 7) is 19.7. The molecule has 6 aliphatic rings. The first-order valence-corrected chi connectivity index (χ1v) is 19.5. The van der Waals surface area contributed by atoms with Crippen molar-refractivity contribution >= 4 is 34.9 Å². The van der Waals surface area contributed by atoms with E-state index in [0.29, 0.717) is 36.4 Å². The molecule has 0 aromatic heterocycles. The van der Waals surface area contributed by atoms with E-state index >= 15 is 0 Å². The van der Waals surface area contributed by atoms with Crippen molar-refractivity contribution in [2.75, 3.05) is 24.5 Å². The molecular weight excluding hydrogens is 632 g/mol. The van der Waals surface area contributed by atoms with E-state index in [1.807, 2.05) is 29.2 Å². The second-order valence-corrected chi connectivity index (χ2v) is 19.5. The fourth-order valence-corrected chi connectivity index (χ4v) is 13.3. The van der Waals surface area contributed by atoms with Crippen molar-refractivity contribution < 1.29 is 19.1 Å². The van der Waals surface area contributed by atoms with E-state index in [1.54, 1.807) is 0 Å². The van der Waals surface area contributed by atoms with Crippen molar-refractivity contribution in [3.8, 4) is 0 Å². The third kappa shape index (κ3) is 5.18. The number of allylic oxidation sites excluding steroid dienone is 2. The molecule has 1 aromatic carbocycles. The van der Waals surface area contributed by atoms with Gasteiger partial charge in [0.15, 0.2) is 12.0 Å². The molecule has 49 heavy (non-hydrogen) atoms. The maximum Gasteiger partial charge on any atom is 0.304 e. The first-order valence-electron chi connectivity index (χ1n) is 19.1. The summed E-state index contributed by atoms with van der Waals surface area (Å²) < 4.78 is 5.86. The van der Waals surface area contributed by atoms with Crippen molar-refractivity contribution in [3.63, 3.8) is 0 Å². The number of halogens is 1. The first-order chi connectivity index (χ1) is 22.9. The molecule has 0 bridgehead atoms. The van der Waals surface area contributed by atoms with Crippen molar-refractivity contribution in [1.29, 1.82) is 0 Å². The third-order valence-electron chi connectivity index (χ3n) is 15.9. The van der Waals surface area contributed by atoms with E-state index in [1.165, 1.54) is 31.8 Å². The molecule has 6 nitrogen and oxygen atoms in total. The maximum atomic E-state index is 14.8. The van der Waals surface area contributed by atoms with Crippen LogP contribution in [0.15, 0.2) is 35.9 Å². The molecule has 5 aliphatic carbocycles. The number of hydrogen-bond acceptors (Lipinski definition) is 5. The van der Waals surface area contributed by atoms with Crippen LogP contribution in [0.25, 0.3) is 0 Å². The predicted octanol–water partition coefficient (Wildman–Crippen LogP) is 9.25. The van der Waals surface area contributed by atoms with E-state index in [0.717, 1.165) is 50.6 Å². The van der Waals surface area contributed by atoms with Crippen LogP contribution in [0.4, 0.5) is 5.69 Å². The highest BCUT2D eigenvalue weighted by atomic mass is 35.5. The van der Waals surface area contributed by atoms with Crippen LogP contribution in [-0.2, 0) is 19.1 Å². The Balaban J connectivity index is 1.20. The van der Waals surface area contributed by atoms with Gasteiger partial charge in [0, 0.05) is 31.3 Å². The van der Waals surface area contributed by atoms with Crippen LogP contribution >= 0.6 is 11.6 Å². The second-order valence-electron chi connectivity index (χ2n) is 19.1. The Morgan fingerprint density at radius 2 is 1.61 bits per heavy atom. The van der Waals surface area contributed by atoms with Gasteiger partial charge in [-0.25, -0.2) is 0 Å². The van der Waals surface area contributed by atoms with Gasteiger partial charge in [0.25, 0.3) is 0 Å². The Labute approximate surface area is 299 Å². The smallest absolute Gasteiger partial charge is 0.304 e. The number of ketones is 1. The van der Waals surface area contributed by atoms with Gasteiger partial charge in [-0.2, -0.15) is 0 Å². The summed E-state index contributed by atoms with van der Waals surface area (Å²) in [5, 5.41) is 0.642. The van der Waals surface area contributed by atoms with Crippen LogP contribution in [-0.4, -0.2) is 48.4 Å². The third-order valence-corrected chi connectivity index (χ3v) is 16.2. The van der Waals surface area contributed by atoms with Gasteiger partial charge in [-0.1, -0.05) is 84.2 Å². The van der Waals surface area contributed by atoms with Crippen LogP contribution in [0.2, 0.25) is 5.02 Å². The molecule has 9 atom stereocenters. The average molecular weight is 691 g/mol. The van der Waals surface area contributed by atoms with Crippen LogP contribution in [0, 0.1) is 50.2 Å². The SMILES string of the molecule is CC(=O)OC1CN(c2ccccc2Cl)CCN1C(=O)C1(C)CC[C@]2(C)CC[C@]3(C)C(=CC(=O)C4[C@@]5(C)CCCC(C)(C)C5CC[C@]43C)[C@H]2C1. The van der Waals surface area contributed by atoms with Gasteiger partial charge < -0.3 is 14.5 Å². The predicted molar refractivity (Wildman–Crippen MR) is 195 cm³/mol. The summed E-state index contributed by atoms with van der Waals surface area (Å²) in [5.74, 6) is 0.811. The fraction of sp³-hybridized carbons (Fsp3) is 0.738. The molecule has 0 spiro atoms. The minimum atomic E-state index is -0.692. The van der Waals surface area contributed by atoms with Crippen molar-refractivity contribution in [3.05, 3.63) is 40.9 Å². The lowest BCUT2D eigenvalue weighted by Crippen LogP contribution is -2.65. The number of rotatable bonds is 3. The number of amides is 1. The first kappa shape index (κ1) is 35.1. The number of piperazine rings is 1. The number of esters is 1. The monoisotopic (exact) mass is 690 g/mol. The Kier molecular flexibility index (Phi) is 8.29. The summed E-state index contributed by atoms with van der Waals surface area (Å²) >= 11 is 6.56. The molecule has 5 fully saturated rings. The molecule has 1 heterocycles. The number of carbonyl (C=O) groups excluding carboxylic acids is 3. The van der Waals surface area contributed by atoms with E-state index in [9.17, 15) is 14.4 Å². The molecule has 7 heteroatoms. The number of benzene rings is 1. The molecule has 268 valence electrons. The lowest BCUT2D eigenvalue weighted by atomic mass is 9.33. The topological polar surface area (TPSA) is 66.9 Å². The number of para-hydroxylation sites is 1. The second kappa shape index (κ2) is 11.6. The number of anilines is 1. The number of hydrogen-bond donors (Lipinski definition) is 0. The molecule has 0 N–H and O–H groups in total. The highest BCUT2D eigenvalue weighted by Gasteiger charge is 2.69. The van der Waals surface area contributed by atoms with Crippen molar-refractivity contribution in [2.24, 2.45) is 50.2 Å². The molecule has 0 radical (unpaired) electrons. The van der Waals surface area contributed by atoms with Gasteiger partial charge in [-0.3, -0.25) is 14.4 Å². The molecule has 1 saturated heterocycles. The number of fused-ring (bicyclic) bond motifs is 7. The molecule has 1 amide bonds. The van der Waals surface area contributed by atoms with Gasteiger partial charge >= 0.3 is 5.97 Å². The Morgan fingerprint density at radius 3 is 2.33 bits per heavy atom. The zero-order valence-corrected chi connectivity index (χ0v) is 32.0. The van der Waals surface area contributed by atoms with Gasteiger partial charge in [0.1, 0.15) is 0 Å². The summed E-state index contributed by atoms with van der Waals surface area (Å²) in [7, 11) is 0. The van der Waals surface area contributed by atoms with E-state index in [2.05, 4.69) is 59.4 Å². The summed E-state index contributed by atoms with van der Waals surface area (Å²) in [5.41, 5.74) is 1.77. The number of carbonyl (C=O) groups is 3. The van der Waals surface area contributed by atoms with E-state index in [-0.39, 0.29) is 44.8 Å². The lowest BCUT2D eigenvalue weighted by molar-refractivity contribution is -0.186. The van der Waals surface area contributed by atoms with Crippen molar-refractivity contribution in [2.45, 2.75) is 126 Å². The zero-order chi connectivity index (χ0) is 35.4. The maximum absolute atomic E-state index is 14.8. The average Bonchev–Trinajstić information content (AvgIpc) is 3.02.